The van der Waals surface area contributed by atoms with Crippen LogP contribution in [0.2, 0.25) is 0 Å². The molecule has 0 aromatic rings. The third-order valence-electron chi connectivity index (χ3n) is 11.1. The Kier molecular flexibility index (Phi) is 4.95. The highest BCUT2D eigenvalue weighted by molar-refractivity contribution is 5.09. The summed E-state index contributed by atoms with van der Waals surface area (Å²) >= 11 is 0. The molecule has 0 spiro atoms. The number of aliphatic hydroxyl groups excluding tert-OH is 1. The van der Waals surface area contributed by atoms with E-state index in [-0.39, 0.29) is 11.7 Å². The Morgan fingerprint density at radius 3 is 2.32 bits per heavy atom. The molecule has 5 unspecified atom stereocenters. The molecular formula is C26H44O2. The highest BCUT2D eigenvalue weighted by Crippen LogP contribution is 2.67. The molecule has 0 heterocycles. The van der Waals surface area contributed by atoms with E-state index in [0.717, 1.165) is 61.7 Å². The largest absolute Gasteiger partial charge is 0.393 e. The first-order chi connectivity index (χ1) is 13.3. The van der Waals surface area contributed by atoms with E-state index in [9.17, 15) is 10.2 Å². The standard InChI is InChI=1S/C26H44O2/c1-24-14-11-23-21(8-6-19-17-20(27)10-13-25(19,23)2)22(24)9-7-18(24)5-3-4-12-26(28)15-16-26/h18-23,27-28H,3-17H2,1-2H3/t18-,19?,20-,21?,22?,23?,24?,25-/m0/s1. The number of aliphatic hydroxyl groups is 2. The molecule has 160 valence electrons. The third kappa shape index (κ3) is 3.20. The van der Waals surface area contributed by atoms with Crippen molar-refractivity contribution < 1.29 is 10.2 Å². The van der Waals surface area contributed by atoms with Crippen LogP contribution >= 0.6 is 0 Å². The van der Waals surface area contributed by atoms with Crippen molar-refractivity contribution in [1.82, 2.24) is 0 Å². The molecule has 0 aliphatic heterocycles. The summed E-state index contributed by atoms with van der Waals surface area (Å²) in [7, 11) is 0. The molecule has 0 radical (unpaired) electrons. The topological polar surface area (TPSA) is 40.5 Å². The molecule has 5 fully saturated rings. The van der Waals surface area contributed by atoms with Gasteiger partial charge in [-0.3, -0.25) is 0 Å². The Bertz CT molecular complexity index is 583. The van der Waals surface area contributed by atoms with Crippen LogP contribution in [0.15, 0.2) is 0 Å². The Morgan fingerprint density at radius 2 is 1.54 bits per heavy atom. The molecule has 2 N–H and O–H groups in total. The maximum atomic E-state index is 10.2. The minimum absolute atomic E-state index is 0.0203. The molecule has 28 heavy (non-hydrogen) atoms. The van der Waals surface area contributed by atoms with Gasteiger partial charge in [0.2, 0.25) is 0 Å². The van der Waals surface area contributed by atoms with Gasteiger partial charge in [-0.2, -0.15) is 0 Å². The molecule has 0 bridgehead atoms. The van der Waals surface area contributed by atoms with E-state index in [4.69, 9.17) is 0 Å². The highest BCUT2D eigenvalue weighted by Gasteiger charge is 2.59. The number of rotatable bonds is 5. The summed E-state index contributed by atoms with van der Waals surface area (Å²) in [5, 5.41) is 20.3. The maximum Gasteiger partial charge on any atom is 0.0650 e. The molecule has 0 aromatic carbocycles. The van der Waals surface area contributed by atoms with Gasteiger partial charge in [-0.05, 0) is 124 Å². The lowest BCUT2D eigenvalue weighted by Crippen LogP contribution is -2.53. The van der Waals surface area contributed by atoms with Gasteiger partial charge >= 0.3 is 0 Å². The van der Waals surface area contributed by atoms with Gasteiger partial charge in [0.05, 0.1) is 11.7 Å². The number of hydrogen-bond donors (Lipinski definition) is 2. The fourth-order valence-electron chi connectivity index (χ4n) is 9.06. The SMILES string of the molecule is CC12CCC3C(CCC4C[C@@H](O)CC[C@@]43C)C1CC[C@@H]2CCCCC1(O)CC1. The second-order valence-electron chi connectivity index (χ2n) is 12.4. The predicted octanol–water partition coefficient (Wildman–Crippen LogP) is 6.09. The van der Waals surface area contributed by atoms with Gasteiger partial charge in [0.1, 0.15) is 0 Å². The maximum absolute atomic E-state index is 10.2. The van der Waals surface area contributed by atoms with E-state index in [2.05, 4.69) is 13.8 Å². The summed E-state index contributed by atoms with van der Waals surface area (Å²) in [6.07, 6.45) is 19.2. The van der Waals surface area contributed by atoms with Crippen molar-refractivity contribution in [2.45, 2.75) is 122 Å². The summed E-state index contributed by atoms with van der Waals surface area (Å²) in [6.45, 7) is 5.27. The number of fused-ring (bicyclic) bond motifs is 5. The number of hydrogen-bond acceptors (Lipinski definition) is 2. The average Bonchev–Trinajstić information content (AvgIpc) is 3.30. The lowest BCUT2D eigenvalue weighted by atomic mass is 9.44. The van der Waals surface area contributed by atoms with Crippen molar-refractivity contribution in [1.29, 1.82) is 0 Å². The van der Waals surface area contributed by atoms with Gasteiger partial charge in [-0.25, -0.2) is 0 Å². The first-order valence-electron chi connectivity index (χ1n) is 12.7. The van der Waals surface area contributed by atoms with Crippen molar-refractivity contribution in [3.8, 4) is 0 Å². The Hall–Kier alpha value is -0.0800. The van der Waals surface area contributed by atoms with Gasteiger partial charge < -0.3 is 10.2 Å². The van der Waals surface area contributed by atoms with Crippen LogP contribution in [0.5, 0.6) is 0 Å². The van der Waals surface area contributed by atoms with Crippen molar-refractivity contribution in [2.24, 2.45) is 40.4 Å². The third-order valence-corrected chi connectivity index (χ3v) is 11.1. The second kappa shape index (κ2) is 6.98. The molecular weight excluding hydrogens is 344 g/mol. The van der Waals surface area contributed by atoms with Gasteiger partial charge in [0, 0.05) is 0 Å². The highest BCUT2D eigenvalue weighted by atomic mass is 16.3. The van der Waals surface area contributed by atoms with E-state index in [1.54, 1.807) is 0 Å². The minimum Gasteiger partial charge on any atom is -0.393 e. The zero-order chi connectivity index (χ0) is 19.6. The molecule has 0 amide bonds. The summed E-state index contributed by atoms with van der Waals surface area (Å²) in [5.74, 6) is 4.58. The molecule has 5 aliphatic rings. The van der Waals surface area contributed by atoms with Crippen LogP contribution in [0.1, 0.15) is 110 Å². The molecule has 2 nitrogen and oxygen atoms in total. The molecule has 0 saturated heterocycles. The molecule has 0 aromatic heterocycles. The summed E-state index contributed by atoms with van der Waals surface area (Å²) in [4.78, 5) is 0. The smallest absolute Gasteiger partial charge is 0.0650 e. The fourth-order valence-corrected chi connectivity index (χ4v) is 9.06. The quantitative estimate of drug-likeness (QED) is 0.559. The van der Waals surface area contributed by atoms with Crippen LogP contribution in [0, 0.1) is 40.4 Å². The zero-order valence-electron chi connectivity index (χ0n) is 18.5. The van der Waals surface area contributed by atoms with Crippen LogP contribution in [0.25, 0.3) is 0 Å². The molecule has 5 saturated carbocycles. The van der Waals surface area contributed by atoms with Crippen molar-refractivity contribution in [3.63, 3.8) is 0 Å². The van der Waals surface area contributed by atoms with Crippen LogP contribution in [-0.2, 0) is 0 Å². The number of unbranched alkanes of at least 4 members (excludes halogenated alkanes) is 1. The van der Waals surface area contributed by atoms with E-state index >= 15 is 0 Å². The van der Waals surface area contributed by atoms with Crippen LogP contribution in [-0.4, -0.2) is 21.9 Å². The predicted molar refractivity (Wildman–Crippen MR) is 114 cm³/mol. The average molecular weight is 389 g/mol. The van der Waals surface area contributed by atoms with Crippen LogP contribution in [0.4, 0.5) is 0 Å². The van der Waals surface area contributed by atoms with Crippen molar-refractivity contribution in [2.75, 3.05) is 0 Å². The van der Waals surface area contributed by atoms with Gasteiger partial charge in [0.15, 0.2) is 0 Å². The van der Waals surface area contributed by atoms with E-state index in [1.807, 2.05) is 0 Å². The van der Waals surface area contributed by atoms with E-state index < -0.39 is 0 Å². The van der Waals surface area contributed by atoms with E-state index in [1.165, 1.54) is 64.2 Å². The minimum atomic E-state index is -0.248. The molecule has 5 aliphatic carbocycles. The van der Waals surface area contributed by atoms with Crippen LogP contribution < -0.4 is 0 Å². The normalized spacial score (nSPS) is 51.9. The first-order valence-corrected chi connectivity index (χ1v) is 12.7. The molecule has 5 rings (SSSR count). The monoisotopic (exact) mass is 388 g/mol. The summed E-state index contributed by atoms with van der Waals surface area (Å²) in [6, 6.07) is 0. The van der Waals surface area contributed by atoms with E-state index in [0.29, 0.717) is 10.8 Å². The van der Waals surface area contributed by atoms with Crippen LogP contribution in [0.3, 0.4) is 0 Å². The summed E-state index contributed by atoms with van der Waals surface area (Å²) in [5.41, 5.74) is 0.859. The Labute approximate surface area is 172 Å². The lowest BCUT2D eigenvalue weighted by Gasteiger charge is -2.61. The summed E-state index contributed by atoms with van der Waals surface area (Å²) < 4.78 is 0. The first kappa shape index (κ1) is 19.9. The van der Waals surface area contributed by atoms with Crippen molar-refractivity contribution in [3.05, 3.63) is 0 Å². The van der Waals surface area contributed by atoms with Crippen molar-refractivity contribution >= 4 is 0 Å². The lowest BCUT2D eigenvalue weighted by molar-refractivity contribution is -0.127. The molecule has 2 heteroatoms. The Balaban J connectivity index is 1.23. The van der Waals surface area contributed by atoms with Gasteiger partial charge in [-0.1, -0.05) is 26.7 Å². The Morgan fingerprint density at radius 1 is 0.786 bits per heavy atom. The van der Waals surface area contributed by atoms with Gasteiger partial charge in [-0.15, -0.1) is 0 Å². The second-order valence-corrected chi connectivity index (χ2v) is 12.4. The molecule has 8 atom stereocenters. The zero-order valence-corrected chi connectivity index (χ0v) is 18.5. The fraction of sp³-hybridized carbons (Fsp3) is 1.00. The van der Waals surface area contributed by atoms with Gasteiger partial charge in [0.25, 0.3) is 0 Å².